The normalized spacial score (nSPS) is 12.0. The summed E-state index contributed by atoms with van der Waals surface area (Å²) < 4.78 is 5.97. The number of esters is 1. The maximum Gasteiger partial charge on any atom is 0.339 e. The molecule has 1 aromatic carbocycles. The largest absolute Gasteiger partial charge is 0.465 e. The number of hydrogen-bond donors (Lipinski definition) is 1. The first-order chi connectivity index (χ1) is 9.92. The number of methoxy groups -OCH3 is 1. The van der Waals surface area contributed by atoms with Gasteiger partial charge in [-0.25, -0.2) is 4.79 Å². The van der Waals surface area contributed by atoms with Crippen molar-refractivity contribution in [1.82, 2.24) is 0 Å². The molecule has 0 aliphatic heterocycles. The molecule has 1 N–H and O–H groups in total. The van der Waals surface area contributed by atoms with E-state index < -0.39 is 5.97 Å². The lowest BCUT2D eigenvalue weighted by Gasteiger charge is -2.15. The van der Waals surface area contributed by atoms with Crippen molar-refractivity contribution in [2.45, 2.75) is 13.0 Å². The Labute approximate surface area is 141 Å². The molecule has 0 spiro atoms. The Morgan fingerprint density at radius 1 is 1.29 bits per heavy atom. The average molecular weight is 365 g/mol. The molecule has 21 heavy (non-hydrogen) atoms. The maximum atomic E-state index is 11.6. The first-order valence-corrected chi connectivity index (χ1v) is 7.96. The minimum atomic E-state index is -0.479. The van der Waals surface area contributed by atoms with E-state index in [9.17, 15) is 4.79 Å². The van der Waals surface area contributed by atoms with E-state index in [-0.39, 0.29) is 6.04 Å². The average Bonchev–Trinajstić information content (AvgIpc) is 2.79. The number of carbonyl (C=O) groups is 1. The fourth-order valence-electron chi connectivity index (χ4n) is 1.86. The Balaban J connectivity index is 2.23. The SMILES string of the molecule is COC(=O)c1cc(NC(C)c2cc(Cl)sc2Cl)ccc1Cl. The predicted molar refractivity (Wildman–Crippen MR) is 89.2 cm³/mol. The Hall–Kier alpha value is -0.940. The lowest BCUT2D eigenvalue weighted by atomic mass is 10.1. The Morgan fingerprint density at radius 3 is 2.57 bits per heavy atom. The summed E-state index contributed by atoms with van der Waals surface area (Å²) in [6, 6.07) is 6.83. The number of halogens is 3. The van der Waals surface area contributed by atoms with Crippen molar-refractivity contribution in [3.63, 3.8) is 0 Å². The van der Waals surface area contributed by atoms with Gasteiger partial charge in [0.25, 0.3) is 0 Å². The van der Waals surface area contributed by atoms with Crippen LogP contribution < -0.4 is 5.32 Å². The number of hydrogen-bond acceptors (Lipinski definition) is 4. The summed E-state index contributed by atoms with van der Waals surface area (Å²) >= 11 is 19.4. The molecule has 0 radical (unpaired) electrons. The van der Waals surface area contributed by atoms with Gasteiger partial charge in [0.05, 0.1) is 32.4 Å². The van der Waals surface area contributed by atoms with E-state index >= 15 is 0 Å². The molecule has 2 rings (SSSR count). The summed E-state index contributed by atoms with van der Waals surface area (Å²) in [7, 11) is 1.31. The van der Waals surface area contributed by atoms with E-state index in [1.807, 2.05) is 13.0 Å². The molecular weight excluding hydrogens is 353 g/mol. The standard InChI is InChI=1S/C14H12Cl3NO2S/c1-7(9-6-12(16)21-13(9)17)18-8-3-4-11(15)10(5-8)14(19)20-2/h3-7,18H,1-2H3. The highest BCUT2D eigenvalue weighted by Gasteiger charge is 2.15. The lowest BCUT2D eigenvalue weighted by Crippen LogP contribution is -2.08. The number of benzene rings is 1. The number of anilines is 1. The first kappa shape index (κ1) is 16.4. The Kier molecular flexibility index (Phi) is 5.38. The second kappa shape index (κ2) is 6.88. The van der Waals surface area contributed by atoms with Gasteiger partial charge in [0.2, 0.25) is 0 Å². The van der Waals surface area contributed by atoms with Crippen LogP contribution in [0.4, 0.5) is 5.69 Å². The van der Waals surface area contributed by atoms with Crippen LogP contribution in [0.3, 0.4) is 0 Å². The van der Waals surface area contributed by atoms with E-state index in [0.717, 1.165) is 11.3 Å². The van der Waals surface area contributed by atoms with Gasteiger partial charge in [0.15, 0.2) is 0 Å². The molecular formula is C14H12Cl3NO2S. The lowest BCUT2D eigenvalue weighted by molar-refractivity contribution is 0.0601. The summed E-state index contributed by atoms with van der Waals surface area (Å²) in [6.07, 6.45) is 0. The van der Waals surface area contributed by atoms with E-state index in [1.165, 1.54) is 18.4 Å². The monoisotopic (exact) mass is 363 g/mol. The van der Waals surface area contributed by atoms with Gasteiger partial charge in [0, 0.05) is 11.3 Å². The minimum Gasteiger partial charge on any atom is -0.465 e. The summed E-state index contributed by atoms with van der Waals surface area (Å²) in [5.41, 5.74) is 1.96. The van der Waals surface area contributed by atoms with Crippen LogP contribution in [0, 0.1) is 0 Å². The maximum absolute atomic E-state index is 11.6. The van der Waals surface area contributed by atoms with Gasteiger partial charge in [-0.2, -0.15) is 0 Å². The zero-order valence-electron chi connectivity index (χ0n) is 11.2. The number of rotatable bonds is 4. The van der Waals surface area contributed by atoms with E-state index in [4.69, 9.17) is 39.5 Å². The van der Waals surface area contributed by atoms with Crippen molar-refractivity contribution in [3.05, 3.63) is 49.1 Å². The highest BCUT2D eigenvalue weighted by Crippen LogP contribution is 2.36. The van der Waals surface area contributed by atoms with Crippen LogP contribution in [-0.2, 0) is 4.74 Å². The first-order valence-electron chi connectivity index (χ1n) is 6.01. The molecule has 1 aromatic heterocycles. The molecule has 3 nitrogen and oxygen atoms in total. The van der Waals surface area contributed by atoms with Gasteiger partial charge in [-0.05, 0) is 31.2 Å². The molecule has 2 aromatic rings. The highest BCUT2D eigenvalue weighted by molar-refractivity contribution is 7.20. The third-order valence-corrected chi connectivity index (χ3v) is 4.75. The van der Waals surface area contributed by atoms with Gasteiger partial charge in [-0.15, -0.1) is 11.3 Å². The zero-order valence-corrected chi connectivity index (χ0v) is 14.3. The zero-order chi connectivity index (χ0) is 15.6. The summed E-state index contributed by atoms with van der Waals surface area (Å²) in [4.78, 5) is 11.6. The highest BCUT2D eigenvalue weighted by atomic mass is 35.5. The number of carbonyl (C=O) groups excluding carboxylic acids is 1. The molecule has 1 atom stereocenters. The summed E-state index contributed by atoms with van der Waals surface area (Å²) in [6.45, 7) is 1.96. The summed E-state index contributed by atoms with van der Waals surface area (Å²) in [5, 5.41) is 3.60. The van der Waals surface area contributed by atoms with Crippen molar-refractivity contribution in [1.29, 1.82) is 0 Å². The smallest absolute Gasteiger partial charge is 0.339 e. The van der Waals surface area contributed by atoms with Gasteiger partial charge in [-0.3, -0.25) is 0 Å². The van der Waals surface area contributed by atoms with E-state index in [2.05, 4.69) is 5.32 Å². The van der Waals surface area contributed by atoms with Crippen LogP contribution in [0.25, 0.3) is 0 Å². The molecule has 7 heteroatoms. The van der Waals surface area contributed by atoms with Crippen LogP contribution in [0.2, 0.25) is 13.7 Å². The van der Waals surface area contributed by atoms with Crippen LogP contribution in [0.5, 0.6) is 0 Å². The van der Waals surface area contributed by atoms with Crippen molar-refractivity contribution in [3.8, 4) is 0 Å². The van der Waals surface area contributed by atoms with Gasteiger partial charge in [0.1, 0.15) is 0 Å². The number of nitrogens with one attached hydrogen (secondary N) is 1. The predicted octanol–water partition coefficient (Wildman–Crippen LogP) is 5.67. The fourth-order valence-corrected chi connectivity index (χ4v) is 3.70. The second-order valence-corrected chi connectivity index (χ2v) is 7.02. The Morgan fingerprint density at radius 2 is 2.00 bits per heavy atom. The van der Waals surface area contributed by atoms with Crippen molar-refractivity contribution < 1.29 is 9.53 Å². The molecule has 0 bridgehead atoms. The molecule has 0 saturated heterocycles. The summed E-state index contributed by atoms with van der Waals surface area (Å²) in [5.74, 6) is -0.479. The van der Waals surface area contributed by atoms with Crippen molar-refractivity contribution >= 4 is 57.8 Å². The van der Waals surface area contributed by atoms with Crippen LogP contribution in [0.15, 0.2) is 24.3 Å². The second-order valence-electron chi connectivity index (χ2n) is 4.33. The van der Waals surface area contributed by atoms with Gasteiger partial charge >= 0.3 is 5.97 Å². The quantitative estimate of drug-likeness (QED) is 0.710. The van der Waals surface area contributed by atoms with E-state index in [0.29, 0.717) is 19.3 Å². The van der Waals surface area contributed by atoms with Crippen molar-refractivity contribution in [2.75, 3.05) is 12.4 Å². The van der Waals surface area contributed by atoms with E-state index in [1.54, 1.807) is 18.2 Å². The molecule has 112 valence electrons. The third-order valence-electron chi connectivity index (χ3n) is 2.90. The molecule has 0 saturated carbocycles. The van der Waals surface area contributed by atoms with Crippen molar-refractivity contribution in [2.24, 2.45) is 0 Å². The van der Waals surface area contributed by atoms with Crippen LogP contribution in [-0.4, -0.2) is 13.1 Å². The fraction of sp³-hybridized carbons (Fsp3) is 0.214. The number of ether oxygens (including phenoxy) is 1. The molecule has 0 amide bonds. The molecule has 0 fully saturated rings. The molecule has 1 heterocycles. The minimum absolute atomic E-state index is 0.0621. The molecule has 1 unspecified atom stereocenters. The third kappa shape index (κ3) is 3.83. The van der Waals surface area contributed by atoms with Gasteiger partial charge < -0.3 is 10.1 Å². The van der Waals surface area contributed by atoms with Gasteiger partial charge in [-0.1, -0.05) is 34.8 Å². The number of thiophene rings is 1. The Bertz CT molecular complexity index is 672. The van der Waals surface area contributed by atoms with Crippen LogP contribution >= 0.6 is 46.1 Å². The molecule has 0 aliphatic carbocycles. The topological polar surface area (TPSA) is 38.3 Å². The molecule has 0 aliphatic rings. The van der Waals surface area contributed by atoms with Crippen LogP contribution in [0.1, 0.15) is 28.9 Å².